The van der Waals surface area contributed by atoms with Crippen LogP contribution >= 0.6 is 15.9 Å². The zero-order valence-corrected chi connectivity index (χ0v) is 12.4. The lowest BCUT2D eigenvalue weighted by Gasteiger charge is -2.11. The highest BCUT2D eigenvalue weighted by Crippen LogP contribution is 2.26. The van der Waals surface area contributed by atoms with E-state index in [9.17, 15) is 0 Å². The molecule has 0 aliphatic rings. The fraction of sp³-hybridized carbons (Fsp3) is 0.214. The van der Waals surface area contributed by atoms with Crippen molar-refractivity contribution < 1.29 is 4.74 Å². The summed E-state index contributed by atoms with van der Waals surface area (Å²) in [7, 11) is 0. The Morgan fingerprint density at radius 2 is 1.95 bits per heavy atom. The molecule has 1 aromatic carbocycles. The van der Waals surface area contributed by atoms with Gasteiger partial charge in [0.2, 0.25) is 0 Å². The lowest BCUT2D eigenvalue weighted by Crippen LogP contribution is -2.05. The number of ether oxygens (including phenoxy) is 1. The van der Waals surface area contributed by atoms with Gasteiger partial charge in [0.15, 0.2) is 0 Å². The summed E-state index contributed by atoms with van der Waals surface area (Å²) in [6.07, 6.45) is 1.79. The summed E-state index contributed by atoms with van der Waals surface area (Å²) < 4.78 is 6.42. The molecule has 0 spiro atoms. The molecule has 0 aliphatic heterocycles. The van der Waals surface area contributed by atoms with E-state index in [1.54, 1.807) is 6.20 Å². The van der Waals surface area contributed by atoms with Crippen molar-refractivity contribution in [3.63, 3.8) is 0 Å². The summed E-state index contributed by atoms with van der Waals surface area (Å²) in [6, 6.07) is 9.55. The first-order valence-electron chi connectivity index (χ1n) is 5.99. The number of nitrogen functional groups attached to an aromatic ring is 1. The Labute approximate surface area is 121 Å². The second kappa shape index (κ2) is 5.93. The summed E-state index contributed by atoms with van der Waals surface area (Å²) in [5.41, 5.74) is 7.21. The van der Waals surface area contributed by atoms with Crippen LogP contribution in [-0.2, 0) is 0 Å². The van der Waals surface area contributed by atoms with Gasteiger partial charge in [-0.3, -0.25) is 0 Å². The maximum absolute atomic E-state index is 5.65. The minimum absolute atomic E-state index is 0.173. The number of hydrogen-bond donors (Lipinski definition) is 2. The summed E-state index contributed by atoms with van der Waals surface area (Å²) in [5, 5.41) is 3.21. The third-order valence-corrected chi connectivity index (χ3v) is 2.96. The molecule has 0 saturated carbocycles. The molecule has 1 aromatic heterocycles. The lowest BCUT2D eigenvalue weighted by molar-refractivity contribution is 0.242. The van der Waals surface area contributed by atoms with E-state index in [1.807, 2.05) is 44.2 Å². The van der Waals surface area contributed by atoms with Crippen LogP contribution in [0, 0.1) is 0 Å². The molecule has 2 aromatic rings. The second-order valence-corrected chi connectivity index (χ2v) is 5.27. The highest BCUT2D eigenvalue weighted by atomic mass is 79.9. The van der Waals surface area contributed by atoms with Gasteiger partial charge in [0.25, 0.3) is 0 Å². The molecule has 1 heterocycles. The predicted molar refractivity (Wildman–Crippen MR) is 81.8 cm³/mol. The smallest absolute Gasteiger partial charge is 0.144 e. The molecule has 0 amide bonds. The fourth-order valence-corrected chi connectivity index (χ4v) is 2.04. The van der Waals surface area contributed by atoms with Crippen molar-refractivity contribution in [3.05, 3.63) is 41.0 Å². The zero-order chi connectivity index (χ0) is 13.8. The van der Waals surface area contributed by atoms with Gasteiger partial charge >= 0.3 is 0 Å². The number of nitrogens with zero attached hydrogens (tertiary/aromatic N) is 1. The average Bonchev–Trinajstić information content (AvgIpc) is 2.34. The van der Waals surface area contributed by atoms with E-state index in [4.69, 9.17) is 10.5 Å². The molecule has 0 bridgehead atoms. The summed E-state index contributed by atoms with van der Waals surface area (Å²) >= 11 is 3.42. The molecule has 0 aliphatic carbocycles. The van der Waals surface area contributed by atoms with Crippen LogP contribution in [0.2, 0.25) is 0 Å². The van der Waals surface area contributed by atoms with Gasteiger partial charge in [-0.2, -0.15) is 0 Å². The van der Waals surface area contributed by atoms with Gasteiger partial charge in [-0.1, -0.05) is 0 Å². The molecule has 4 nitrogen and oxygen atoms in total. The van der Waals surface area contributed by atoms with Crippen LogP contribution in [0.15, 0.2) is 41.0 Å². The van der Waals surface area contributed by atoms with Crippen molar-refractivity contribution in [3.8, 4) is 5.75 Å². The third kappa shape index (κ3) is 3.86. The average molecular weight is 322 g/mol. The molecule has 0 unspecified atom stereocenters. The first-order valence-corrected chi connectivity index (χ1v) is 6.78. The van der Waals surface area contributed by atoms with Gasteiger partial charge in [0, 0.05) is 5.69 Å². The number of nitrogens with two attached hydrogens (primary N) is 1. The van der Waals surface area contributed by atoms with E-state index in [-0.39, 0.29) is 6.10 Å². The van der Waals surface area contributed by atoms with Gasteiger partial charge < -0.3 is 15.8 Å². The van der Waals surface area contributed by atoms with E-state index >= 15 is 0 Å². The maximum atomic E-state index is 5.65. The maximum Gasteiger partial charge on any atom is 0.144 e. The van der Waals surface area contributed by atoms with Crippen LogP contribution in [0.3, 0.4) is 0 Å². The standard InChI is InChI=1S/C14H16BrN3O/c1-9(2)19-12-5-3-11(4-6-12)18-14-13(15)7-10(16)8-17-14/h3-9H,16H2,1-2H3,(H,17,18). The van der Waals surface area contributed by atoms with Crippen LogP contribution in [0.1, 0.15) is 13.8 Å². The molecule has 2 rings (SSSR count). The monoisotopic (exact) mass is 321 g/mol. The zero-order valence-electron chi connectivity index (χ0n) is 10.9. The normalized spacial score (nSPS) is 10.5. The SMILES string of the molecule is CC(C)Oc1ccc(Nc2ncc(N)cc2Br)cc1. The minimum atomic E-state index is 0.173. The Kier molecular flexibility index (Phi) is 4.27. The van der Waals surface area contributed by atoms with Crippen molar-refractivity contribution >= 4 is 33.1 Å². The molecule has 0 radical (unpaired) electrons. The molecule has 0 saturated heterocycles. The van der Waals surface area contributed by atoms with Crippen LogP contribution in [0.4, 0.5) is 17.2 Å². The van der Waals surface area contributed by atoms with Gasteiger partial charge in [0.1, 0.15) is 11.6 Å². The minimum Gasteiger partial charge on any atom is -0.491 e. The number of halogens is 1. The number of aromatic nitrogens is 1. The molecule has 0 fully saturated rings. The summed E-state index contributed by atoms with van der Waals surface area (Å²) in [4.78, 5) is 4.23. The van der Waals surface area contributed by atoms with E-state index in [1.165, 1.54) is 0 Å². The van der Waals surface area contributed by atoms with Crippen molar-refractivity contribution in [2.24, 2.45) is 0 Å². The predicted octanol–water partition coefficient (Wildman–Crippen LogP) is 3.96. The van der Waals surface area contributed by atoms with E-state index in [0.29, 0.717) is 5.69 Å². The largest absolute Gasteiger partial charge is 0.491 e. The van der Waals surface area contributed by atoms with Crippen LogP contribution < -0.4 is 15.8 Å². The van der Waals surface area contributed by atoms with Crippen LogP contribution in [0.25, 0.3) is 0 Å². The Morgan fingerprint density at radius 1 is 1.26 bits per heavy atom. The topological polar surface area (TPSA) is 60.2 Å². The Balaban J connectivity index is 2.10. The number of pyridine rings is 1. The van der Waals surface area contributed by atoms with Gasteiger partial charge in [-0.15, -0.1) is 0 Å². The van der Waals surface area contributed by atoms with Crippen molar-refractivity contribution in [2.75, 3.05) is 11.1 Å². The quantitative estimate of drug-likeness (QED) is 0.894. The highest BCUT2D eigenvalue weighted by Gasteiger charge is 2.03. The van der Waals surface area contributed by atoms with E-state index in [0.717, 1.165) is 21.7 Å². The third-order valence-electron chi connectivity index (χ3n) is 2.35. The van der Waals surface area contributed by atoms with E-state index < -0.39 is 0 Å². The van der Waals surface area contributed by atoms with Crippen molar-refractivity contribution in [2.45, 2.75) is 20.0 Å². The molecule has 19 heavy (non-hydrogen) atoms. The number of nitrogens with one attached hydrogen (secondary N) is 1. The summed E-state index contributed by atoms with van der Waals surface area (Å²) in [6.45, 7) is 4.00. The van der Waals surface area contributed by atoms with Crippen LogP contribution in [0.5, 0.6) is 5.75 Å². The van der Waals surface area contributed by atoms with Crippen molar-refractivity contribution in [1.82, 2.24) is 4.98 Å². The second-order valence-electron chi connectivity index (χ2n) is 4.42. The van der Waals surface area contributed by atoms with Crippen LogP contribution in [-0.4, -0.2) is 11.1 Å². The van der Waals surface area contributed by atoms with E-state index in [2.05, 4.69) is 26.2 Å². The Morgan fingerprint density at radius 3 is 2.53 bits per heavy atom. The Bertz CT molecular complexity index is 555. The molecular formula is C14H16BrN3O. The first-order chi connectivity index (χ1) is 9.04. The molecule has 5 heteroatoms. The molecule has 0 atom stereocenters. The lowest BCUT2D eigenvalue weighted by atomic mass is 10.3. The number of anilines is 3. The number of hydrogen-bond acceptors (Lipinski definition) is 4. The highest BCUT2D eigenvalue weighted by molar-refractivity contribution is 9.10. The van der Waals surface area contributed by atoms with Gasteiger partial charge in [-0.25, -0.2) is 4.98 Å². The van der Waals surface area contributed by atoms with Crippen molar-refractivity contribution in [1.29, 1.82) is 0 Å². The summed E-state index contributed by atoms with van der Waals surface area (Å²) in [5.74, 6) is 1.58. The molecule has 3 N–H and O–H groups in total. The van der Waals surface area contributed by atoms with Gasteiger partial charge in [0.05, 0.1) is 22.5 Å². The fourth-order valence-electron chi connectivity index (χ4n) is 1.57. The molecule has 100 valence electrons. The van der Waals surface area contributed by atoms with Gasteiger partial charge in [-0.05, 0) is 60.1 Å². The number of rotatable bonds is 4. The molecular weight excluding hydrogens is 306 g/mol. The number of benzene rings is 1. The Hall–Kier alpha value is -1.75. The first kappa shape index (κ1) is 13.7.